The summed E-state index contributed by atoms with van der Waals surface area (Å²) in [4.78, 5) is 10.8. The molecule has 0 aromatic heterocycles. The van der Waals surface area contributed by atoms with Crippen LogP contribution in [0.25, 0.3) is 0 Å². The number of hydrogen-bond acceptors (Lipinski definition) is 4. The van der Waals surface area contributed by atoms with Gasteiger partial charge in [0.2, 0.25) is 0 Å². The van der Waals surface area contributed by atoms with E-state index in [-0.39, 0.29) is 17.9 Å². The predicted molar refractivity (Wildman–Crippen MR) is 67.0 cm³/mol. The van der Waals surface area contributed by atoms with Crippen molar-refractivity contribution in [1.82, 2.24) is 0 Å². The molecule has 106 valence electrons. The van der Waals surface area contributed by atoms with E-state index >= 15 is 0 Å². The molecule has 1 spiro atoms. The van der Waals surface area contributed by atoms with Gasteiger partial charge in [0, 0.05) is 0 Å². The van der Waals surface area contributed by atoms with E-state index in [9.17, 15) is 4.79 Å². The molecule has 2 rings (SSSR count). The maximum absolute atomic E-state index is 10.8. The average molecular weight is 457 g/mol. The van der Waals surface area contributed by atoms with Gasteiger partial charge in [0.15, 0.2) is 0 Å². The summed E-state index contributed by atoms with van der Waals surface area (Å²) in [7, 11) is 0. The number of rotatable bonds is 4. The van der Waals surface area contributed by atoms with Crippen LogP contribution < -0.4 is 0 Å². The van der Waals surface area contributed by atoms with E-state index in [1.807, 2.05) is 0 Å². The van der Waals surface area contributed by atoms with E-state index in [1.165, 1.54) is 26.2 Å². The van der Waals surface area contributed by atoms with E-state index < -0.39 is 25.0 Å². The molecule has 2 fully saturated rings. The van der Waals surface area contributed by atoms with Crippen LogP contribution in [0.15, 0.2) is 0 Å². The topological polar surface area (TPSA) is 44.8 Å². The molecule has 0 aromatic carbocycles. The first-order chi connectivity index (χ1) is 9.13. The van der Waals surface area contributed by atoms with Gasteiger partial charge < -0.3 is 0 Å². The van der Waals surface area contributed by atoms with Gasteiger partial charge in [0.1, 0.15) is 0 Å². The van der Waals surface area contributed by atoms with Crippen LogP contribution in [0, 0.1) is 0 Å². The van der Waals surface area contributed by atoms with Gasteiger partial charge in [-0.15, -0.1) is 0 Å². The zero-order valence-corrected chi connectivity index (χ0v) is 17.6. The molecule has 0 bridgehead atoms. The van der Waals surface area contributed by atoms with Crippen molar-refractivity contribution in [2.45, 2.75) is 80.7 Å². The average Bonchev–Trinajstić information content (AvgIpc) is 2.38. The van der Waals surface area contributed by atoms with Gasteiger partial charge in [-0.25, -0.2) is 0 Å². The Labute approximate surface area is 128 Å². The Hall–Kier alpha value is 0.325. The normalized spacial score (nSPS) is 34.8. The first-order valence-electron chi connectivity index (χ1n) is 7.62. The van der Waals surface area contributed by atoms with E-state index in [0.717, 1.165) is 29.6 Å². The second kappa shape index (κ2) is 7.37. The Morgan fingerprint density at radius 3 is 2.53 bits per heavy atom. The van der Waals surface area contributed by atoms with Crippen molar-refractivity contribution in [3.63, 3.8) is 0 Å². The van der Waals surface area contributed by atoms with Crippen LogP contribution in [0.5, 0.6) is 0 Å². The second-order valence-electron chi connectivity index (χ2n) is 5.71. The van der Waals surface area contributed by atoms with E-state index in [4.69, 9.17) is 12.1 Å². The van der Waals surface area contributed by atoms with Gasteiger partial charge in [-0.3, -0.25) is 0 Å². The third-order valence-corrected chi connectivity index (χ3v) is 9.92. The van der Waals surface area contributed by atoms with Crippen molar-refractivity contribution in [3.8, 4) is 0 Å². The monoisotopic (exact) mass is 458 g/mol. The van der Waals surface area contributed by atoms with Crippen LogP contribution in [0.4, 0.5) is 0 Å². The summed E-state index contributed by atoms with van der Waals surface area (Å²) in [6.07, 6.45) is 8.42. The molecule has 2 saturated heterocycles. The quantitative estimate of drug-likeness (QED) is 0.609. The molecule has 0 saturated carbocycles. The van der Waals surface area contributed by atoms with Gasteiger partial charge in [0.05, 0.1) is 0 Å². The molecule has 0 unspecified atom stereocenters. The zero-order valence-electron chi connectivity index (χ0n) is 12.2. The van der Waals surface area contributed by atoms with E-state index in [2.05, 4.69) is 6.92 Å². The van der Waals surface area contributed by atoms with Crippen molar-refractivity contribution < 1.29 is 41.9 Å². The Morgan fingerprint density at radius 1 is 1.26 bits per heavy atom. The van der Waals surface area contributed by atoms with Gasteiger partial charge in [-0.05, 0) is 0 Å². The van der Waals surface area contributed by atoms with Gasteiger partial charge in [0.25, 0.3) is 0 Å². The second-order valence-corrected chi connectivity index (χ2v) is 10.7. The van der Waals surface area contributed by atoms with Crippen molar-refractivity contribution in [3.05, 3.63) is 0 Å². The number of carbonyl (C=O) groups is 1. The Balaban J connectivity index is 1.83. The van der Waals surface area contributed by atoms with E-state index in [0.29, 0.717) is 6.10 Å². The molecular weight excluding hydrogens is 433 g/mol. The van der Waals surface area contributed by atoms with E-state index in [1.54, 1.807) is 0 Å². The minimum atomic E-state index is -1.52. The summed E-state index contributed by atoms with van der Waals surface area (Å²) in [5.74, 6) is -0.432. The summed E-state index contributed by atoms with van der Waals surface area (Å²) in [6.45, 7) is 3.68. The van der Waals surface area contributed by atoms with Gasteiger partial charge in [-0.1, -0.05) is 0 Å². The van der Waals surface area contributed by atoms with Crippen molar-refractivity contribution in [1.29, 1.82) is 0 Å². The van der Waals surface area contributed by atoms with Crippen LogP contribution in [0.2, 0.25) is 3.93 Å². The standard InChI is InChI=1S/C12H21O2.C2H4O2.Hg/c1-3-11-7-5-9-12(14-11)8-4-6-10(2)13-12;1-2(3)4;/h10-11H,2-9H2,1H3;1H3,(H,3,4);/q;;+1/p-1/t10-,11+,12-;;/m0../s1. The molecule has 2 aliphatic heterocycles. The summed E-state index contributed by atoms with van der Waals surface area (Å²) in [5.41, 5.74) is 0. The maximum atomic E-state index is 10.8. The first kappa shape index (κ1) is 15.7. The predicted octanol–water partition coefficient (Wildman–Crippen LogP) is 3.21. The fourth-order valence-corrected chi connectivity index (χ4v) is 7.31. The third-order valence-electron chi connectivity index (χ3n) is 4.13. The number of ether oxygens (including phenoxy) is 2. The Morgan fingerprint density at radius 2 is 1.89 bits per heavy atom. The molecule has 19 heavy (non-hydrogen) atoms. The number of carbonyl (C=O) groups excluding carboxylic acids is 1. The Kier molecular flexibility index (Phi) is 6.09. The summed E-state index contributed by atoms with van der Waals surface area (Å²) in [5, 5.41) is 0. The minimum absolute atomic E-state index is 0.118. The molecule has 0 aliphatic carbocycles. The summed E-state index contributed by atoms with van der Waals surface area (Å²) >= 11 is -1.52. The van der Waals surface area contributed by atoms with Crippen molar-refractivity contribution in [2.75, 3.05) is 0 Å². The van der Waals surface area contributed by atoms with Crippen LogP contribution >= 0.6 is 0 Å². The van der Waals surface area contributed by atoms with Gasteiger partial charge in [-0.2, -0.15) is 0 Å². The number of hydrogen-bond donors (Lipinski definition) is 0. The van der Waals surface area contributed by atoms with Crippen LogP contribution in [-0.2, 0) is 41.9 Å². The molecule has 0 amide bonds. The fourth-order valence-electron chi connectivity index (χ4n) is 3.14. The zero-order chi connectivity index (χ0) is 13.7. The molecule has 2 aliphatic rings. The first-order valence-corrected chi connectivity index (χ1v) is 13.8. The van der Waals surface area contributed by atoms with Crippen LogP contribution in [-0.4, -0.2) is 24.0 Å². The molecule has 0 N–H and O–H groups in total. The molecule has 4 nitrogen and oxygen atoms in total. The Bertz CT molecular complexity index is 306. The molecule has 0 radical (unpaired) electrons. The summed E-state index contributed by atoms with van der Waals surface area (Å²) in [6, 6.07) is 0. The van der Waals surface area contributed by atoms with Crippen LogP contribution in [0.3, 0.4) is 0 Å². The van der Waals surface area contributed by atoms with Crippen LogP contribution in [0.1, 0.15) is 58.8 Å². The molecule has 2 heterocycles. The fraction of sp³-hybridized carbons (Fsp3) is 0.929. The molecule has 5 heteroatoms. The molecule has 3 atom stereocenters. The third kappa shape index (κ3) is 4.67. The summed E-state index contributed by atoms with van der Waals surface area (Å²) < 4.78 is 18.7. The SMILES string of the molecule is CC[C@@H]1CCC[C@]2(CCC[C@H]([CH2][Hg][O]C(C)=O)O2)O1. The van der Waals surface area contributed by atoms with Gasteiger partial charge >= 0.3 is 129 Å². The van der Waals surface area contributed by atoms with Crippen molar-refractivity contribution >= 4 is 5.97 Å². The molecule has 0 aromatic rings. The van der Waals surface area contributed by atoms with Crippen molar-refractivity contribution in [2.24, 2.45) is 0 Å². The molecular formula is C14H24HgO4.